The van der Waals surface area contributed by atoms with Crippen LogP contribution in [0.15, 0.2) is 60.1 Å². The molecule has 2 aromatic heterocycles. The van der Waals surface area contributed by atoms with Crippen LogP contribution in [0.2, 0.25) is 0 Å². The molecular formula is C29H40F2N6. The van der Waals surface area contributed by atoms with Crippen LogP contribution < -0.4 is 11.5 Å². The summed E-state index contributed by atoms with van der Waals surface area (Å²) in [7, 11) is 0. The van der Waals surface area contributed by atoms with Gasteiger partial charge in [0.1, 0.15) is 11.6 Å². The van der Waals surface area contributed by atoms with Gasteiger partial charge in [0.25, 0.3) is 5.95 Å². The van der Waals surface area contributed by atoms with Gasteiger partial charge in [0.05, 0.1) is 17.0 Å². The van der Waals surface area contributed by atoms with E-state index in [-0.39, 0.29) is 17.2 Å². The highest BCUT2D eigenvalue weighted by Crippen LogP contribution is 2.26. The average molecular weight is 511 g/mol. The molecule has 3 rings (SSSR count). The predicted octanol–water partition coefficient (Wildman–Crippen LogP) is 6.53. The molecule has 0 fully saturated rings. The molecule has 8 heteroatoms. The predicted molar refractivity (Wildman–Crippen MR) is 150 cm³/mol. The van der Waals surface area contributed by atoms with E-state index in [4.69, 9.17) is 11.5 Å². The van der Waals surface area contributed by atoms with Crippen molar-refractivity contribution in [1.29, 1.82) is 0 Å². The van der Waals surface area contributed by atoms with E-state index < -0.39 is 11.6 Å². The average Bonchev–Trinajstić information content (AvgIpc) is 3.44. The molecule has 3 aromatic rings. The number of aromatic nitrogens is 4. The van der Waals surface area contributed by atoms with Crippen LogP contribution >= 0.6 is 0 Å². The van der Waals surface area contributed by atoms with Crippen LogP contribution in [0, 0.1) is 24.5 Å². The monoisotopic (exact) mass is 510 g/mol. The van der Waals surface area contributed by atoms with Crippen LogP contribution in [0.25, 0.3) is 11.6 Å². The zero-order chi connectivity index (χ0) is 28.5. The molecule has 1 unspecified atom stereocenters. The molecule has 2 heterocycles. The van der Waals surface area contributed by atoms with E-state index in [9.17, 15) is 8.78 Å². The molecule has 0 spiro atoms. The van der Waals surface area contributed by atoms with E-state index in [2.05, 4.69) is 27.9 Å². The van der Waals surface area contributed by atoms with Crippen LogP contribution in [-0.2, 0) is 6.42 Å². The zero-order valence-electron chi connectivity index (χ0n) is 23.0. The fraction of sp³-hybridized carbons (Fsp3) is 0.345. The summed E-state index contributed by atoms with van der Waals surface area (Å²) in [6.07, 6.45) is 14.3. The van der Waals surface area contributed by atoms with E-state index in [0.717, 1.165) is 12.1 Å². The summed E-state index contributed by atoms with van der Waals surface area (Å²) >= 11 is 0. The van der Waals surface area contributed by atoms with E-state index in [1.807, 2.05) is 60.7 Å². The Kier molecular flexibility index (Phi) is 15.6. The minimum absolute atomic E-state index is 0.0189. The molecule has 0 saturated heterocycles. The maximum atomic E-state index is 14.1. The molecule has 0 radical (unpaired) electrons. The fourth-order valence-electron chi connectivity index (χ4n) is 3.24. The third-order valence-electron chi connectivity index (χ3n) is 5.12. The van der Waals surface area contributed by atoms with Crippen molar-refractivity contribution in [2.75, 3.05) is 0 Å². The van der Waals surface area contributed by atoms with Crippen molar-refractivity contribution in [2.24, 2.45) is 11.5 Å². The largest absolute Gasteiger partial charge is 0.401 e. The van der Waals surface area contributed by atoms with Crippen molar-refractivity contribution >= 4 is 5.70 Å². The van der Waals surface area contributed by atoms with Crippen LogP contribution in [0.4, 0.5) is 8.78 Å². The van der Waals surface area contributed by atoms with Gasteiger partial charge in [-0.15, -0.1) is 12.8 Å². The lowest BCUT2D eigenvalue weighted by Gasteiger charge is -2.16. The summed E-state index contributed by atoms with van der Waals surface area (Å²) in [6.45, 7) is 13.8. The van der Waals surface area contributed by atoms with Gasteiger partial charge in [-0.25, -0.2) is 23.4 Å². The number of allylic oxidation sites excluding steroid dienone is 3. The Hall–Kier alpha value is -3.99. The molecule has 4 N–H and O–H groups in total. The first-order valence-corrected chi connectivity index (χ1v) is 12.5. The number of aryl methyl sites for hydroxylation is 1. The van der Waals surface area contributed by atoms with Gasteiger partial charge in [-0.05, 0) is 48.8 Å². The molecule has 6 nitrogen and oxygen atoms in total. The molecule has 0 aliphatic carbocycles. The van der Waals surface area contributed by atoms with Crippen LogP contribution in [-0.4, -0.2) is 19.7 Å². The highest BCUT2D eigenvalue weighted by molar-refractivity contribution is 5.66. The Balaban J connectivity index is 0.00000201. The number of nitrogens with zero attached hydrogens (tertiary/aromatic N) is 4. The molecule has 1 aromatic carbocycles. The third-order valence-corrected chi connectivity index (χ3v) is 5.12. The molecule has 0 saturated carbocycles. The summed E-state index contributed by atoms with van der Waals surface area (Å²) < 4.78 is 29.8. The second-order valence-electron chi connectivity index (χ2n) is 7.14. The van der Waals surface area contributed by atoms with Crippen molar-refractivity contribution in [1.82, 2.24) is 19.7 Å². The first kappa shape index (κ1) is 33.0. The van der Waals surface area contributed by atoms with Crippen molar-refractivity contribution in [2.45, 2.75) is 67.2 Å². The Morgan fingerprint density at radius 2 is 1.62 bits per heavy atom. The van der Waals surface area contributed by atoms with E-state index in [0.29, 0.717) is 29.3 Å². The lowest BCUT2D eigenvalue weighted by molar-refractivity contribution is 0.576. The van der Waals surface area contributed by atoms with Crippen LogP contribution in [0.1, 0.15) is 77.8 Å². The second kappa shape index (κ2) is 17.4. The van der Waals surface area contributed by atoms with E-state index in [1.165, 1.54) is 24.3 Å². The van der Waals surface area contributed by atoms with Gasteiger partial charge in [0.2, 0.25) is 0 Å². The van der Waals surface area contributed by atoms with Crippen LogP contribution in [0.5, 0.6) is 0 Å². The van der Waals surface area contributed by atoms with Gasteiger partial charge in [-0.3, -0.25) is 0 Å². The number of benzene rings is 1. The summed E-state index contributed by atoms with van der Waals surface area (Å²) in [6, 6.07) is 7.33. The fourth-order valence-corrected chi connectivity index (χ4v) is 3.24. The molecule has 0 bridgehead atoms. The Morgan fingerprint density at radius 3 is 2.14 bits per heavy atom. The van der Waals surface area contributed by atoms with Crippen molar-refractivity contribution in [3.05, 3.63) is 88.7 Å². The minimum atomic E-state index is -0.720. The summed E-state index contributed by atoms with van der Waals surface area (Å²) in [5, 5.41) is 4.44. The van der Waals surface area contributed by atoms with Gasteiger partial charge in [-0.2, -0.15) is 5.10 Å². The number of hydrogen-bond donors (Lipinski definition) is 2. The second-order valence-corrected chi connectivity index (χ2v) is 7.14. The highest BCUT2D eigenvalue weighted by atomic mass is 19.1. The van der Waals surface area contributed by atoms with Gasteiger partial charge in [0.15, 0.2) is 0 Å². The highest BCUT2D eigenvalue weighted by Gasteiger charge is 2.17. The number of rotatable bonds is 7. The summed E-state index contributed by atoms with van der Waals surface area (Å²) in [5.74, 6) is -1.27. The smallest absolute Gasteiger partial charge is 0.250 e. The minimum Gasteiger partial charge on any atom is -0.401 e. The van der Waals surface area contributed by atoms with Gasteiger partial charge < -0.3 is 11.5 Å². The maximum Gasteiger partial charge on any atom is 0.250 e. The SMILES string of the molecule is C#C.CC.CC.CCC(/C=C(\N)c1c(F)cccc1F)=C(/N)C(C)c1ccnc(-n2ccc(CC)n2)n1. The van der Waals surface area contributed by atoms with E-state index >= 15 is 0 Å². The first-order valence-electron chi connectivity index (χ1n) is 12.5. The Labute approximate surface area is 220 Å². The van der Waals surface area contributed by atoms with Crippen molar-refractivity contribution in [3.63, 3.8) is 0 Å². The lowest BCUT2D eigenvalue weighted by Crippen LogP contribution is -2.14. The normalized spacial score (nSPS) is 11.9. The maximum absolute atomic E-state index is 14.1. The molecule has 200 valence electrons. The van der Waals surface area contributed by atoms with Gasteiger partial charge in [0, 0.05) is 29.7 Å². The molecule has 0 aliphatic rings. The van der Waals surface area contributed by atoms with Gasteiger partial charge >= 0.3 is 0 Å². The van der Waals surface area contributed by atoms with E-state index in [1.54, 1.807) is 16.9 Å². The topological polar surface area (TPSA) is 95.6 Å². The van der Waals surface area contributed by atoms with Crippen molar-refractivity contribution in [3.8, 4) is 18.8 Å². The molecule has 37 heavy (non-hydrogen) atoms. The molecule has 0 amide bonds. The summed E-state index contributed by atoms with van der Waals surface area (Å²) in [5.41, 5.74) is 15.0. The zero-order valence-corrected chi connectivity index (χ0v) is 23.0. The molecule has 0 aliphatic heterocycles. The number of terminal acetylenes is 1. The van der Waals surface area contributed by atoms with Gasteiger partial charge in [-0.1, -0.05) is 54.5 Å². The lowest BCUT2D eigenvalue weighted by atomic mass is 9.96. The molecular weight excluding hydrogens is 470 g/mol. The number of nitrogens with two attached hydrogens (primary N) is 2. The standard InChI is InChI=1S/C23H26F2N6.2C2H6.C2H2/c1-4-15(13-19(26)21-17(24)7-6-8-18(21)25)22(27)14(3)20-9-11-28-23(29-20)31-12-10-16(5-2)30-31;3*1-2/h6-14H,4-5,26-27H2,1-3H3;2*1-2H3;1-2H/b19-13-,22-15-;;;. The summed E-state index contributed by atoms with van der Waals surface area (Å²) in [4.78, 5) is 8.89. The quantitative estimate of drug-likeness (QED) is 0.278. The Bertz CT molecular complexity index is 1160. The van der Waals surface area contributed by atoms with Crippen molar-refractivity contribution < 1.29 is 8.78 Å². The number of hydrogen-bond acceptors (Lipinski definition) is 5. The molecule has 1 atom stereocenters. The number of halogens is 2. The Morgan fingerprint density at radius 1 is 1.03 bits per heavy atom. The third kappa shape index (κ3) is 8.87. The van der Waals surface area contributed by atoms with Crippen LogP contribution in [0.3, 0.4) is 0 Å². The first-order chi connectivity index (χ1) is 17.8.